The molecule has 1 rings (SSSR count). The van der Waals surface area contributed by atoms with Gasteiger partial charge in [-0.1, -0.05) is 0 Å². The fourth-order valence-corrected chi connectivity index (χ4v) is 2.66. The number of anilines is 1. The Bertz CT molecular complexity index is 458. The molecule has 7 heteroatoms. The standard InChI is InChI=1S/C12H20N2O3S2/c1-5-17-10(15)12(2,3)9-8-18-11(14-9)13-6-7-19(4)16/h8H,5-7H2,1-4H3,(H,13,14). The summed E-state index contributed by atoms with van der Waals surface area (Å²) in [4.78, 5) is 16.2. The predicted octanol–water partition coefficient (Wildman–Crippen LogP) is 1.77. The largest absolute Gasteiger partial charge is 0.465 e. The molecule has 1 unspecified atom stereocenters. The van der Waals surface area contributed by atoms with E-state index >= 15 is 0 Å². The molecule has 0 aliphatic rings. The highest BCUT2D eigenvalue weighted by Gasteiger charge is 2.33. The van der Waals surface area contributed by atoms with Gasteiger partial charge in [0.25, 0.3) is 0 Å². The van der Waals surface area contributed by atoms with E-state index in [4.69, 9.17) is 4.74 Å². The first-order valence-electron chi connectivity index (χ1n) is 6.05. The number of carbonyl (C=O) groups is 1. The lowest BCUT2D eigenvalue weighted by atomic mass is 9.90. The van der Waals surface area contributed by atoms with E-state index < -0.39 is 16.2 Å². The van der Waals surface area contributed by atoms with E-state index in [0.29, 0.717) is 24.6 Å². The number of nitrogens with zero attached hydrogens (tertiary/aromatic N) is 1. The Kier molecular flexibility index (Phi) is 5.93. The summed E-state index contributed by atoms with van der Waals surface area (Å²) in [7, 11) is -0.819. The number of esters is 1. The maximum absolute atomic E-state index is 11.9. The molecule has 5 nitrogen and oxygen atoms in total. The quantitative estimate of drug-likeness (QED) is 0.778. The highest BCUT2D eigenvalue weighted by atomic mass is 32.2. The third-order valence-electron chi connectivity index (χ3n) is 2.60. The van der Waals surface area contributed by atoms with Crippen molar-refractivity contribution >= 4 is 33.2 Å². The third-order valence-corrected chi connectivity index (χ3v) is 4.18. The molecular weight excluding hydrogens is 284 g/mol. The van der Waals surface area contributed by atoms with Gasteiger partial charge in [0, 0.05) is 34.7 Å². The third kappa shape index (κ3) is 4.58. The van der Waals surface area contributed by atoms with Crippen molar-refractivity contribution in [2.75, 3.05) is 30.5 Å². The Balaban J connectivity index is 2.67. The Morgan fingerprint density at radius 2 is 2.26 bits per heavy atom. The van der Waals surface area contributed by atoms with Gasteiger partial charge in [-0.25, -0.2) is 4.98 Å². The van der Waals surface area contributed by atoms with E-state index in [-0.39, 0.29) is 5.97 Å². The second-order valence-electron chi connectivity index (χ2n) is 4.59. The van der Waals surface area contributed by atoms with Crippen molar-refractivity contribution in [3.63, 3.8) is 0 Å². The lowest BCUT2D eigenvalue weighted by Crippen LogP contribution is -2.31. The molecule has 1 N–H and O–H groups in total. The summed E-state index contributed by atoms with van der Waals surface area (Å²) in [5, 5.41) is 5.69. The van der Waals surface area contributed by atoms with E-state index in [9.17, 15) is 9.00 Å². The van der Waals surface area contributed by atoms with Crippen LogP contribution >= 0.6 is 11.3 Å². The van der Waals surface area contributed by atoms with Gasteiger partial charge in [-0.05, 0) is 20.8 Å². The molecule has 1 atom stereocenters. The van der Waals surface area contributed by atoms with Gasteiger partial charge in [0.2, 0.25) is 0 Å². The molecule has 0 bridgehead atoms. The molecule has 0 aromatic carbocycles. The molecule has 19 heavy (non-hydrogen) atoms. The summed E-state index contributed by atoms with van der Waals surface area (Å²) < 4.78 is 16.0. The van der Waals surface area contributed by atoms with Crippen molar-refractivity contribution in [3.05, 3.63) is 11.1 Å². The van der Waals surface area contributed by atoms with Crippen molar-refractivity contribution in [1.82, 2.24) is 4.98 Å². The number of ether oxygens (including phenoxy) is 1. The summed E-state index contributed by atoms with van der Waals surface area (Å²) in [6.07, 6.45) is 1.67. The molecule has 0 saturated carbocycles. The van der Waals surface area contributed by atoms with Crippen molar-refractivity contribution in [1.29, 1.82) is 0 Å². The number of aromatic nitrogens is 1. The zero-order valence-corrected chi connectivity index (χ0v) is 13.3. The zero-order chi connectivity index (χ0) is 14.5. The molecule has 0 amide bonds. The zero-order valence-electron chi connectivity index (χ0n) is 11.7. The number of rotatable bonds is 7. The number of hydrogen-bond donors (Lipinski definition) is 1. The van der Waals surface area contributed by atoms with Gasteiger partial charge < -0.3 is 10.1 Å². The van der Waals surface area contributed by atoms with Gasteiger partial charge in [0.05, 0.1) is 12.3 Å². The lowest BCUT2D eigenvalue weighted by Gasteiger charge is -2.19. The van der Waals surface area contributed by atoms with Crippen LogP contribution in [0.1, 0.15) is 26.5 Å². The van der Waals surface area contributed by atoms with Crippen LogP contribution in [0.4, 0.5) is 5.13 Å². The van der Waals surface area contributed by atoms with Crippen LogP contribution in [0.25, 0.3) is 0 Å². The smallest absolute Gasteiger partial charge is 0.317 e. The van der Waals surface area contributed by atoms with Crippen LogP contribution in [0.5, 0.6) is 0 Å². The van der Waals surface area contributed by atoms with Gasteiger partial charge in [0.1, 0.15) is 5.41 Å². The average Bonchev–Trinajstić information content (AvgIpc) is 2.78. The predicted molar refractivity (Wildman–Crippen MR) is 79.2 cm³/mol. The molecule has 0 aliphatic heterocycles. The van der Waals surface area contributed by atoms with Crippen LogP contribution in [0.3, 0.4) is 0 Å². The van der Waals surface area contributed by atoms with E-state index in [1.165, 1.54) is 11.3 Å². The van der Waals surface area contributed by atoms with Crippen molar-refractivity contribution in [2.45, 2.75) is 26.2 Å². The van der Waals surface area contributed by atoms with Crippen LogP contribution in [-0.4, -0.2) is 40.3 Å². The lowest BCUT2D eigenvalue weighted by molar-refractivity contribution is -0.148. The van der Waals surface area contributed by atoms with Crippen LogP contribution < -0.4 is 5.32 Å². The minimum Gasteiger partial charge on any atom is -0.465 e. The molecule has 1 aromatic rings. The highest BCUT2D eigenvalue weighted by Crippen LogP contribution is 2.28. The van der Waals surface area contributed by atoms with E-state index in [1.807, 2.05) is 5.38 Å². The Labute approximate surface area is 120 Å². The van der Waals surface area contributed by atoms with Crippen molar-refractivity contribution in [2.24, 2.45) is 0 Å². The van der Waals surface area contributed by atoms with E-state index in [1.54, 1.807) is 27.0 Å². The minimum absolute atomic E-state index is 0.276. The molecule has 0 aliphatic carbocycles. The van der Waals surface area contributed by atoms with E-state index in [2.05, 4.69) is 10.3 Å². The summed E-state index contributed by atoms with van der Waals surface area (Å²) in [5.74, 6) is 0.303. The van der Waals surface area contributed by atoms with Gasteiger partial charge >= 0.3 is 5.97 Å². The number of nitrogens with one attached hydrogen (secondary N) is 1. The summed E-state index contributed by atoms with van der Waals surface area (Å²) in [6.45, 7) is 6.35. The van der Waals surface area contributed by atoms with Crippen LogP contribution in [0, 0.1) is 0 Å². The van der Waals surface area contributed by atoms with Gasteiger partial charge in [-0.15, -0.1) is 11.3 Å². The number of thiazole rings is 1. The normalized spacial score (nSPS) is 13.1. The molecular formula is C12H20N2O3S2. The monoisotopic (exact) mass is 304 g/mol. The first-order chi connectivity index (χ1) is 8.87. The molecule has 0 saturated heterocycles. The van der Waals surface area contributed by atoms with Gasteiger partial charge in [-0.3, -0.25) is 9.00 Å². The van der Waals surface area contributed by atoms with Crippen LogP contribution in [0.15, 0.2) is 5.38 Å². The topological polar surface area (TPSA) is 68.3 Å². The summed E-state index contributed by atoms with van der Waals surface area (Å²) in [5.41, 5.74) is -0.0592. The Hall–Kier alpha value is -0.950. The second-order valence-corrected chi connectivity index (χ2v) is 7.00. The Morgan fingerprint density at radius 1 is 1.58 bits per heavy atom. The van der Waals surface area contributed by atoms with Gasteiger partial charge in [-0.2, -0.15) is 0 Å². The van der Waals surface area contributed by atoms with Crippen LogP contribution in [0.2, 0.25) is 0 Å². The minimum atomic E-state index is -0.819. The molecule has 0 spiro atoms. The molecule has 108 valence electrons. The first kappa shape index (κ1) is 16.1. The summed E-state index contributed by atoms with van der Waals surface area (Å²) >= 11 is 1.43. The fourth-order valence-electron chi connectivity index (χ4n) is 1.36. The molecule has 1 aromatic heterocycles. The first-order valence-corrected chi connectivity index (χ1v) is 8.65. The fraction of sp³-hybridized carbons (Fsp3) is 0.667. The number of hydrogen-bond acceptors (Lipinski definition) is 6. The SMILES string of the molecule is CCOC(=O)C(C)(C)c1csc(NCCS(C)=O)n1. The maximum Gasteiger partial charge on any atom is 0.317 e. The number of carbonyl (C=O) groups excluding carboxylic acids is 1. The molecule has 0 radical (unpaired) electrons. The maximum atomic E-state index is 11.9. The molecule has 1 heterocycles. The summed E-state index contributed by atoms with van der Waals surface area (Å²) in [6, 6.07) is 0. The highest BCUT2D eigenvalue weighted by molar-refractivity contribution is 7.84. The van der Waals surface area contributed by atoms with Gasteiger partial charge in [0.15, 0.2) is 5.13 Å². The van der Waals surface area contributed by atoms with Crippen LogP contribution in [-0.2, 0) is 25.7 Å². The Morgan fingerprint density at radius 3 is 2.84 bits per heavy atom. The van der Waals surface area contributed by atoms with Crippen molar-refractivity contribution in [3.8, 4) is 0 Å². The van der Waals surface area contributed by atoms with E-state index in [0.717, 1.165) is 5.13 Å². The molecule has 0 fully saturated rings. The van der Waals surface area contributed by atoms with Crippen molar-refractivity contribution < 1.29 is 13.7 Å². The average molecular weight is 304 g/mol. The second kappa shape index (κ2) is 7.00.